The number of alkyl halides is 1. The van der Waals surface area contributed by atoms with Gasteiger partial charge in [-0.15, -0.1) is 0 Å². The minimum Gasteiger partial charge on any atom is -0.494 e. The molecule has 10 heteroatoms. The quantitative estimate of drug-likeness (QED) is 0.671. The van der Waals surface area contributed by atoms with Gasteiger partial charge in [0.15, 0.2) is 5.56 Å². The Morgan fingerprint density at radius 3 is 2.71 bits per heavy atom. The molecule has 1 saturated heterocycles. The van der Waals surface area contributed by atoms with E-state index in [4.69, 9.17) is 0 Å². The third-order valence-corrected chi connectivity index (χ3v) is 5.45. The van der Waals surface area contributed by atoms with Gasteiger partial charge in [-0.25, -0.2) is 4.39 Å². The summed E-state index contributed by atoms with van der Waals surface area (Å²) in [7, 11) is 0. The fourth-order valence-electron chi connectivity index (χ4n) is 3.73. The van der Waals surface area contributed by atoms with E-state index in [1.807, 2.05) is 13.8 Å². The number of nitrogens with zero attached hydrogens (tertiary/aromatic N) is 4. The minimum atomic E-state index is -1.01. The molecule has 4 rings (SSSR count). The average Bonchev–Trinajstić information content (AvgIpc) is 3.24. The molecule has 31 heavy (non-hydrogen) atoms. The molecule has 1 atom stereocenters. The van der Waals surface area contributed by atoms with E-state index in [1.165, 1.54) is 27.8 Å². The maximum atomic E-state index is 13.4. The van der Waals surface area contributed by atoms with Crippen molar-refractivity contribution in [1.29, 1.82) is 0 Å². The van der Waals surface area contributed by atoms with E-state index in [9.17, 15) is 23.9 Å². The largest absolute Gasteiger partial charge is 0.494 e. The second-order valence-corrected chi connectivity index (χ2v) is 8.59. The van der Waals surface area contributed by atoms with Crippen LogP contribution in [0.1, 0.15) is 49.0 Å². The van der Waals surface area contributed by atoms with Gasteiger partial charge in [0.1, 0.15) is 11.8 Å². The molecule has 2 fully saturated rings. The number of aromatic hydroxyl groups is 1. The fourth-order valence-corrected chi connectivity index (χ4v) is 3.73. The first-order valence-electron chi connectivity index (χ1n) is 10.5. The van der Waals surface area contributed by atoms with E-state index < -0.39 is 23.5 Å². The Morgan fingerprint density at radius 2 is 2.10 bits per heavy atom. The molecular formula is C21H26FN5O4. The van der Waals surface area contributed by atoms with Gasteiger partial charge in [-0.3, -0.25) is 19.0 Å². The zero-order valence-corrected chi connectivity index (χ0v) is 17.5. The number of likely N-dealkylation sites (tertiary alicyclic amines) is 1. The molecule has 166 valence electrons. The molecule has 2 amide bonds. The summed E-state index contributed by atoms with van der Waals surface area (Å²) in [6, 6.07) is 0.0252. The van der Waals surface area contributed by atoms with Crippen LogP contribution in [0.15, 0.2) is 17.1 Å². The maximum Gasteiger partial charge on any atom is 0.291 e. The van der Waals surface area contributed by atoms with Gasteiger partial charge in [-0.1, -0.05) is 13.8 Å². The van der Waals surface area contributed by atoms with Gasteiger partial charge in [0.2, 0.25) is 11.8 Å². The molecule has 1 saturated carbocycles. The van der Waals surface area contributed by atoms with Crippen LogP contribution in [0.4, 0.5) is 4.39 Å². The van der Waals surface area contributed by atoms with Crippen LogP contribution in [-0.2, 0) is 11.3 Å². The maximum absolute atomic E-state index is 13.4. The first-order chi connectivity index (χ1) is 14.8. The van der Waals surface area contributed by atoms with E-state index in [1.54, 1.807) is 0 Å². The van der Waals surface area contributed by atoms with E-state index in [2.05, 4.69) is 10.4 Å². The Hall–Kier alpha value is -3.17. The van der Waals surface area contributed by atoms with Crippen molar-refractivity contribution < 1.29 is 19.1 Å². The van der Waals surface area contributed by atoms with E-state index >= 15 is 0 Å². The summed E-state index contributed by atoms with van der Waals surface area (Å²) >= 11 is 0. The molecular weight excluding hydrogens is 405 g/mol. The third kappa shape index (κ3) is 4.19. The zero-order chi connectivity index (χ0) is 22.3. The number of fused-ring (bicyclic) bond motifs is 1. The second-order valence-electron chi connectivity index (χ2n) is 8.59. The van der Waals surface area contributed by atoms with Crippen molar-refractivity contribution in [2.45, 2.75) is 51.9 Å². The first kappa shape index (κ1) is 21.1. The number of hydrogen-bond acceptors (Lipinski definition) is 5. The lowest BCUT2D eigenvalue weighted by atomic mass is 10.2. The van der Waals surface area contributed by atoms with E-state index in [-0.39, 0.29) is 35.6 Å². The molecule has 0 radical (unpaired) electrons. The highest BCUT2D eigenvalue weighted by Gasteiger charge is 2.30. The summed E-state index contributed by atoms with van der Waals surface area (Å²) in [5.41, 5.74) is -0.350. The molecule has 1 aliphatic heterocycles. The SMILES string of the molecule is CC(C)Cn1c(O)c(C(=O)NC2CC2)c(=O)n2ncc(/C=C/C(=O)N3CC[C@H](F)C3)c12. The standard InChI is InChI=1S/C21H26FN5O4/c1-12(2)10-26-19-13(3-6-16(28)25-8-7-14(22)11-25)9-23-27(19)21(31)17(20(26)30)18(29)24-15-4-5-15/h3,6,9,12,14-15,30H,4-5,7-8,10-11H2,1-2H3,(H,24,29)/b6-3+/t14-/m0/s1. The van der Waals surface area contributed by atoms with Crippen LogP contribution < -0.4 is 10.9 Å². The van der Waals surface area contributed by atoms with Crippen LogP contribution in [0.25, 0.3) is 11.7 Å². The predicted octanol–water partition coefficient (Wildman–Crippen LogP) is 1.33. The molecule has 2 aliphatic rings. The summed E-state index contributed by atoms with van der Waals surface area (Å²) in [6.07, 6.45) is 5.22. The summed E-state index contributed by atoms with van der Waals surface area (Å²) in [5.74, 6) is -1.29. The Labute approximate surface area is 178 Å². The average molecular weight is 431 g/mol. The summed E-state index contributed by atoms with van der Waals surface area (Å²) in [6.45, 7) is 4.63. The lowest BCUT2D eigenvalue weighted by Gasteiger charge is -2.17. The van der Waals surface area contributed by atoms with Crippen molar-refractivity contribution in [3.8, 4) is 5.88 Å². The molecule has 3 heterocycles. The topological polar surface area (TPSA) is 109 Å². The molecule has 0 spiro atoms. The van der Waals surface area contributed by atoms with Gasteiger partial charge in [0.05, 0.1) is 12.7 Å². The van der Waals surface area contributed by atoms with Crippen LogP contribution in [-0.4, -0.2) is 61.3 Å². The van der Waals surface area contributed by atoms with Crippen molar-refractivity contribution in [1.82, 2.24) is 24.4 Å². The highest BCUT2D eigenvalue weighted by atomic mass is 19.1. The number of hydrogen-bond donors (Lipinski definition) is 2. The highest BCUT2D eigenvalue weighted by Crippen LogP contribution is 2.24. The lowest BCUT2D eigenvalue weighted by Crippen LogP contribution is -2.34. The fraction of sp³-hybridized carbons (Fsp3) is 0.524. The number of halogens is 1. The summed E-state index contributed by atoms with van der Waals surface area (Å²) in [5, 5.41) is 17.7. The third-order valence-electron chi connectivity index (χ3n) is 5.45. The highest BCUT2D eigenvalue weighted by molar-refractivity contribution is 5.97. The number of aromatic nitrogens is 3. The van der Waals surface area contributed by atoms with E-state index in [0.29, 0.717) is 25.1 Å². The minimum absolute atomic E-state index is 0.0252. The molecule has 9 nitrogen and oxygen atoms in total. The Kier molecular flexibility index (Phi) is 5.55. The van der Waals surface area contributed by atoms with Crippen LogP contribution >= 0.6 is 0 Å². The molecule has 0 aromatic carbocycles. The number of nitrogens with one attached hydrogen (secondary N) is 1. The Bertz CT molecular complexity index is 1120. The van der Waals surface area contributed by atoms with Crippen LogP contribution in [0.2, 0.25) is 0 Å². The molecule has 2 N–H and O–H groups in total. The van der Waals surface area contributed by atoms with Crippen molar-refractivity contribution in [3.63, 3.8) is 0 Å². The van der Waals surface area contributed by atoms with Crippen molar-refractivity contribution in [2.75, 3.05) is 13.1 Å². The summed E-state index contributed by atoms with van der Waals surface area (Å²) in [4.78, 5) is 39.3. The molecule has 0 bridgehead atoms. The molecule has 0 unspecified atom stereocenters. The van der Waals surface area contributed by atoms with Gasteiger partial charge < -0.3 is 15.3 Å². The number of rotatable bonds is 6. The van der Waals surface area contributed by atoms with Gasteiger partial charge in [-0.2, -0.15) is 9.61 Å². The normalized spacial score (nSPS) is 19.1. The second kappa shape index (κ2) is 8.16. The van der Waals surface area contributed by atoms with Gasteiger partial charge >= 0.3 is 0 Å². The van der Waals surface area contributed by atoms with Crippen molar-refractivity contribution >= 4 is 23.5 Å². The van der Waals surface area contributed by atoms with Gasteiger partial charge in [0.25, 0.3) is 11.5 Å². The van der Waals surface area contributed by atoms with Crippen LogP contribution in [0.3, 0.4) is 0 Å². The number of carbonyl (C=O) groups excluding carboxylic acids is 2. The van der Waals surface area contributed by atoms with Crippen LogP contribution in [0.5, 0.6) is 5.88 Å². The molecule has 2 aromatic heterocycles. The zero-order valence-electron chi connectivity index (χ0n) is 17.5. The van der Waals surface area contributed by atoms with Gasteiger partial charge in [-0.05, 0) is 31.3 Å². The monoisotopic (exact) mass is 431 g/mol. The Balaban J connectivity index is 1.75. The number of amides is 2. The van der Waals surface area contributed by atoms with Crippen LogP contribution in [0, 0.1) is 5.92 Å². The van der Waals surface area contributed by atoms with E-state index in [0.717, 1.165) is 17.4 Å². The first-order valence-corrected chi connectivity index (χ1v) is 10.5. The molecule has 1 aliphatic carbocycles. The molecule has 2 aromatic rings. The lowest BCUT2D eigenvalue weighted by molar-refractivity contribution is -0.125. The van der Waals surface area contributed by atoms with Crippen molar-refractivity contribution in [2.24, 2.45) is 5.92 Å². The Morgan fingerprint density at radius 1 is 1.35 bits per heavy atom. The summed E-state index contributed by atoms with van der Waals surface area (Å²) < 4.78 is 15.9. The van der Waals surface area contributed by atoms with Gasteiger partial charge in [0, 0.05) is 30.8 Å². The van der Waals surface area contributed by atoms with Crippen molar-refractivity contribution in [3.05, 3.63) is 33.8 Å². The number of carbonyl (C=O) groups is 2. The predicted molar refractivity (Wildman–Crippen MR) is 112 cm³/mol. The smallest absolute Gasteiger partial charge is 0.291 e.